The Hall–Kier alpha value is -2.25. The van der Waals surface area contributed by atoms with Crippen molar-refractivity contribution in [2.75, 3.05) is 26.7 Å². The van der Waals surface area contributed by atoms with Gasteiger partial charge in [0, 0.05) is 13.6 Å². The number of guanidine groups is 1. The molecule has 0 saturated heterocycles. The number of carbonyl (C=O) groups is 1. The van der Waals surface area contributed by atoms with Crippen LogP contribution in [0.1, 0.15) is 18.1 Å². The van der Waals surface area contributed by atoms with E-state index in [2.05, 4.69) is 15.6 Å². The molecule has 0 fully saturated rings. The number of halogens is 3. The molecule has 1 aromatic rings. The minimum atomic E-state index is -4.41. The van der Waals surface area contributed by atoms with Crippen molar-refractivity contribution in [3.63, 3.8) is 0 Å². The zero-order chi connectivity index (χ0) is 18.2. The highest BCUT2D eigenvalue weighted by atomic mass is 19.4. The van der Waals surface area contributed by atoms with Crippen LogP contribution in [0, 0.1) is 6.92 Å². The molecule has 0 aliphatic carbocycles. The quantitative estimate of drug-likeness (QED) is 0.614. The molecule has 1 amide bonds. The Balaban J connectivity index is 2.57. The van der Waals surface area contributed by atoms with Gasteiger partial charge < -0.3 is 15.5 Å². The van der Waals surface area contributed by atoms with Crippen LogP contribution in [0.15, 0.2) is 29.3 Å². The Kier molecular flexibility index (Phi) is 7.54. The number of hydrogen-bond acceptors (Lipinski definition) is 2. The molecular formula is C16H23F3N4O. The number of nitrogens with one attached hydrogen (secondary N) is 2. The smallest absolute Gasteiger partial charge is 0.357 e. The van der Waals surface area contributed by atoms with Crippen LogP contribution < -0.4 is 10.6 Å². The summed E-state index contributed by atoms with van der Waals surface area (Å²) in [7, 11) is 1.12. The highest BCUT2D eigenvalue weighted by Gasteiger charge is 2.31. The maximum absolute atomic E-state index is 12.3. The van der Waals surface area contributed by atoms with Crippen molar-refractivity contribution in [2.24, 2.45) is 4.99 Å². The van der Waals surface area contributed by atoms with E-state index in [0.717, 1.165) is 18.2 Å². The number of nitrogens with zero attached hydrogens (tertiary/aromatic N) is 2. The number of amides is 1. The van der Waals surface area contributed by atoms with E-state index in [1.807, 2.05) is 38.1 Å². The van der Waals surface area contributed by atoms with E-state index in [-0.39, 0.29) is 6.54 Å². The first-order chi connectivity index (χ1) is 11.2. The predicted molar refractivity (Wildman–Crippen MR) is 87.7 cm³/mol. The van der Waals surface area contributed by atoms with Gasteiger partial charge >= 0.3 is 6.18 Å². The number of alkyl halides is 3. The van der Waals surface area contributed by atoms with Crippen LogP contribution in [-0.2, 0) is 11.3 Å². The molecule has 0 atom stereocenters. The summed E-state index contributed by atoms with van der Waals surface area (Å²) in [6.45, 7) is 3.30. The fourth-order valence-electron chi connectivity index (χ4n) is 1.86. The van der Waals surface area contributed by atoms with Crippen LogP contribution >= 0.6 is 0 Å². The van der Waals surface area contributed by atoms with Gasteiger partial charge in [0.2, 0.25) is 5.91 Å². The molecule has 0 spiro atoms. The summed E-state index contributed by atoms with van der Waals surface area (Å²) in [5.41, 5.74) is 2.14. The maximum Gasteiger partial charge on any atom is 0.406 e. The summed E-state index contributed by atoms with van der Waals surface area (Å²) >= 11 is 0. The van der Waals surface area contributed by atoms with Crippen molar-refractivity contribution in [2.45, 2.75) is 26.6 Å². The van der Waals surface area contributed by atoms with Gasteiger partial charge in [-0.15, -0.1) is 0 Å². The molecule has 0 aliphatic heterocycles. The second-order valence-corrected chi connectivity index (χ2v) is 5.40. The van der Waals surface area contributed by atoms with Crippen molar-refractivity contribution in [3.8, 4) is 0 Å². The molecule has 0 bridgehead atoms. The van der Waals surface area contributed by atoms with Crippen LogP contribution in [0.5, 0.6) is 0 Å². The minimum absolute atomic E-state index is 0.258. The summed E-state index contributed by atoms with van der Waals surface area (Å²) in [5, 5.41) is 5.70. The molecule has 0 radical (unpaired) electrons. The van der Waals surface area contributed by atoms with Crippen molar-refractivity contribution in [1.82, 2.24) is 15.5 Å². The first-order valence-corrected chi connectivity index (χ1v) is 7.59. The number of benzene rings is 1. The Morgan fingerprint density at radius 3 is 2.38 bits per heavy atom. The highest BCUT2D eigenvalue weighted by molar-refractivity contribution is 5.86. The standard InChI is InChI=1S/C16H23F3N4O/c1-4-20-15(21-9-13-7-5-12(2)6-8-13)22-10-14(24)23(3)11-16(17,18)19/h5-8H,4,9-11H2,1-3H3,(H2,20,21,22). The average Bonchev–Trinajstić information content (AvgIpc) is 2.49. The zero-order valence-electron chi connectivity index (χ0n) is 14.1. The molecule has 0 heterocycles. The fraction of sp³-hybridized carbons (Fsp3) is 0.500. The lowest BCUT2D eigenvalue weighted by atomic mass is 10.1. The third-order valence-corrected chi connectivity index (χ3v) is 3.13. The van der Waals surface area contributed by atoms with Gasteiger partial charge in [-0.25, -0.2) is 4.99 Å². The first kappa shape index (κ1) is 19.8. The Morgan fingerprint density at radius 1 is 1.21 bits per heavy atom. The summed E-state index contributed by atoms with van der Waals surface area (Å²) in [6, 6.07) is 7.84. The molecule has 0 aliphatic rings. The summed E-state index contributed by atoms with van der Waals surface area (Å²) < 4.78 is 36.8. The lowest BCUT2D eigenvalue weighted by Crippen LogP contribution is -2.45. The Labute approximate surface area is 139 Å². The molecule has 0 unspecified atom stereocenters. The number of hydrogen-bond donors (Lipinski definition) is 2. The van der Waals surface area contributed by atoms with Gasteiger partial charge in [-0.1, -0.05) is 29.8 Å². The van der Waals surface area contributed by atoms with Crippen LogP contribution in [0.3, 0.4) is 0 Å². The van der Waals surface area contributed by atoms with E-state index < -0.39 is 18.6 Å². The first-order valence-electron chi connectivity index (χ1n) is 7.59. The predicted octanol–water partition coefficient (Wildman–Crippen LogP) is 2.07. The third kappa shape index (κ3) is 7.85. The van der Waals surface area contributed by atoms with Gasteiger partial charge in [0.15, 0.2) is 5.96 Å². The topological polar surface area (TPSA) is 56.7 Å². The van der Waals surface area contributed by atoms with Gasteiger partial charge in [-0.3, -0.25) is 4.79 Å². The lowest BCUT2D eigenvalue weighted by Gasteiger charge is -2.20. The monoisotopic (exact) mass is 344 g/mol. The molecule has 0 aromatic heterocycles. The highest BCUT2D eigenvalue weighted by Crippen LogP contribution is 2.15. The second kappa shape index (κ2) is 9.14. The molecule has 5 nitrogen and oxygen atoms in total. The molecular weight excluding hydrogens is 321 g/mol. The van der Waals surface area contributed by atoms with E-state index in [1.165, 1.54) is 0 Å². The second-order valence-electron chi connectivity index (χ2n) is 5.40. The summed E-state index contributed by atoms with van der Waals surface area (Å²) in [5.74, 6) is -0.278. The van der Waals surface area contributed by atoms with Gasteiger partial charge in [0.05, 0.1) is 13.1 Å². The lowest BCUT2D eigenvalue weighted by molar-refractivity contribution is -0.157. The van der Waals surface area contributed by atoms with Gasteiger partial charge in [-0.05, 0) is 19.4 Å². The van der Waals surface area contributed by atoms with Crippen LogP contribution in [0.2, 0.25) is 0 Å². The number of aliphatic imine (C=N–C) groups is 1. The van der Waals surface area contributed by atoms with Crippen molar-refractivity contribution in [3.05, 3.63) is 35.4 Å². The maximum atomic E-state index is 12.3. The number of aryl methyl sites for hydroxylation is 1. The van der Waals surface area contributed by atoms with Crippen LogP contribution in [0.25, 0.3) is 0 Å². The van der Waals surface area contributed by atoms with Crippen LogP contribution in [0.4, 0.5) is 13.2 Å². The van der Waals surface area contributed by atoms with Gasteiger partial charge in [0.1, 0.15) is 6.54 Å². The van der Waals surface area contributed by atoms with E-state index in [0.29, 0.717) is 23.9 Å². The molecule has 2 N–H and O–H groups in total. The van der Waals surface area contributed by atoms with Gasteiger partial charge in [0.25, 0.3) is 0 Å². The molecule has 24 heavy (non-hydrogen) atoms. The van der Waals surface area contributed by atoms with Crippen molar-refractivity contribution < 1.29 is 18.0 Å². The SMILES string of the molecule is CCNC(=NCc1ccc(C)cc1)NCC(=O)N(C)CC(F)(F)F. The minimum Gasteiger partial charge on any atom is -0.357 e. The number of rotatable bonds is 6. The fourth-order valence-corrected chi connectivity index (χ4v) is 1.86. The van der Waals surface area contributed by atoms with Gasteiger partial charge in [-0.2, -0.15) is 13.2 Å². The molecule has 1 aromatic carbocycles. The molecule has 8 heteroatoms. The normalized spacial score (nSPS) is 12.0. The third-order valence-electron chi connectivity index (χ3n) is 3.13. The van der Waals surface area contributed by atoms with E-state index in [1.54, 1.807) is 0 Å². The van der Waals surface area contributed by atoms with Crippen molar-refractivity contribution in [1.29, 1.82) is 0 Å². The summed E-state index contributed by atoms with van der Waals surface area (Å²) in [6.07, 6.45) is -4.41. The Morgan fingerprint density at radius 2 is 1.83 bits per heavy atom. The molecule has 134 valence electrons. The number of likely N-dealkylation sites (N-methyl/N-ethyl adjacent to an activating group) is 1. The van der Waals surface area contributed by atoms with E-state index in [4.69, 9.17) is 0 Å². The van der Waals surface area contributed by atoms with Crippen LogP contribution in [-0.4, -0.2) is 49.6 Å². The van der Waals surface area contributed by atoms with Crippen molar-refractivity contribution >= 4 is 11.9 Å². The summed E-state index contributed by atoms with van der Waals surface area (Å²) in [4.78, 5) is 16.7. The average molecular weight is 344 g/mol. The van der Waals surface area contributed by atoms with E-state index >= 15 is 0 Å². The van der Waals surface area contributed by atoms with E-state index in [9.17, 15) is 18.0 Å². The Bertz CT molecular complexity index is 555. The zero-order valence-corrected chi connectivity index (χ0v) is 14.1. The largest absolute Gasteiger partial charge is 0.406 e. The molecule has 1 rings (SSSR count). The molecule has 0 saturated carbocycles. The number of carbonyl (C=O) groups excluding carboxylic acids is 1.